The molecule has 0 aliphatic carbocycles. The Kier molecular flexibility index (Phi) is 5.94. The second kappa shape index (κ2) is 7.77. The zero-order chi connectivity index (χ0) is 18.7. The smallest absolute Gasteiger partial charge is 0.323 e. The molecule has 0 unspecified atom stereocenters. The number of hydrogen-bond donors (Lipinski definition) is 1. The minimum atomic E-state index is -1.20. The van der Waals surface area contributed by atoms with Gasteiger partial charge in [0, 0.05) is 12.1 Å². The maximum atomic E-state index is 12.6. The molecule has 1 amide bonds. The summed E-state index contributed by atoms with van der Waals surface area (Å²) in [5.41, 5.74) is -0.285. The molecular formula is C15H13N3O4S3. The largest absolute Gasteiger partial charge is 0.480 e. The molecule has 0 radical (unpaired) electrons. The van der Waals surface area contributed by atoms with E-state index >= 15 is 0 Å². The van der Waals surface area contributed by atoms with Crippen LogP contribution in [0.2, 0.25) is 0 Å². The Hall–Kier alpha value is -2.22. The quantitative estimate of drug-likeness (QED) is 0.575. The molecule has 1 N–H and O–H groups in total. The fourth-order valence-electron chi connectivity index (χ4n) is 2.09. The summed E-state index contributed by atoms with van der Waals surface area (Å²) >= 11 is 7.18. The summed E-state index contributed by atoms with van der Waals surface area (Å²) in [7, 11) is 0. The molecule has 0 aromatic carbocycles. The third-order valence-corrected chi connectivity index (χ3v) is 5.98. The number of thioether (sulfide) groups is 1. The number of nitrogens with zero attached hydrogens (tertiary/aromatic N) is 3. The van der Waals surface area contributed by atoms with Crippen molar-refractivity contribution in [1.82, 2.24) is 9.47 Å². The van der Waals surface area contributed by atoms with Crippen LogP contribution in [0, 0.1) is 11.3 Å². The van der Waals surface area contributed by atoms with Crippen LogP contribution in [0.4, 0.5) is 0 Å². The minimum Gasteiger partial charge on any atom is -0.480 e. The molecule has 10 heteroatoms. The van der Waals surface area contributed by atoms with Gasteiger partial charge in [0.2, 0.25) is 0 Å². The summed E-state index contributed by atoms with van der Waals surface area (Å²) in [6.07, 6.45) is 2.92. The Bertz CT molecular complexity index is 1010. The van der Waals surface area contributed by atoms with Crippen molar-refractivity contribution in [2.75, 3.05) is 6.54 Å². The summed E-state index contributed by atoms with van der Waals surface area (Å²) in [6, 6.07) is 1.94. The van der Waals surface area contributed by atoms with E-state index in [4.69, 9.17) is 22.6 Å². The molecule has 2 rings (SSSR count). The van der Waals surface area contributed by atoms with Gasteiger partial charge in [-0.1, -0.05) is 30.1 Å². The van der Waals surface area contributed by atoms with E-state index in [0.29, 0.717) is 10.9 Å². The van der Waals surface area contributed by atoms with Crippen molar-refractivity contribution >= 4 is 62.5 Å². The standard InChI is InChI=1S/C15H13N3O4S3/c1-3-8(6-16)5-9-12(21)18(7-10(19)20)14(24-9)11-13(22)17(4-2)15(23)25-11/h3,5H,4,7H2,1-2H3,(H,19,20)/b8-3-,9-5+,14-11-. The van der Waals surface area contributed by atoms with Crippen LogP contribution in [0.25, 0.3) is 11.0 Å². The van der Waals surface area contributed by atoms with Crippen LogP contribution in [0.3, 0.4) is 0 Å². The number of carboxylic acids is 1. The van der Waals surface area contributed by atoms with E-state index in [1.807, 2.05) is 6.07 Å². The third-order valence-electron chi connectivity index (χ3n) is 3.29. The monoisotopic (exact) mass is 395 g/mol. The highest BCUT2D eigenvalue weighted by atomic mass is 32.2. The number of carbonyl (C=O) groups is 2. The zero-order valence-electron chi connectivity index (χ0n) is 13.3. The Labute approximate surface area is 156 Å². The third kappa shape index (κ3) is 3.73. The number of hydrogen-bond acceptors (Lipinski definition) is 7. The van der Waals surface area contributed by atoms with Crippen molar-refractivity contribution < 1.29 is 14.7 Å². The molecule has 1 aliphatic rings. The summed E-state index contributed by atoms with van der Waals surface area (Å²) < 4.78 is 1.82. The van der Waals surface area contributed by atoms with E-state index in [2.05, 4.69) is 0 Å². The van der Waals surface area contributed by atoms with Gasteiger partial charge in [-0.15, -0.1) is 11.3 Å². The normalized spacial score (nSPS) is 18.0. The molecule has 7 nitrogen and oxygen atoms in total. The van der Waals surface area contributed by atoms with Crippen LogP contribution in [0.15, 0.2) is 16.4 Å². The Morgan fingerprint density at radius 1 is 1.44 bits per heavy atom. The number of aromatic nitrogens is 1. The van der Waals surface area contributed by atoms with Crippen molar-refractivity contribution in [1.29, 1.82) is 5.26 Å². The SMILES string of the molecule is C/C=C(C#N)/C=c1/s/c(=C2\SC(=S)N(CC)C2=O)n(CC(=O)O)c1=O. The lowest BCUT2D eigenvalue weighted by atomic mass is 10.3. The van der Waals surface area contributed by atoms with Gasteiger partial charge in [-0.3, -0.25) is 23.9 Å². The zero-order valence-corrected chi connectivity index (χ0v) is 15.8. The number of nitriles is 1. The molecule has 130 valence electrons. The predicted octanol–water partition coefficient (Wildman–Crippen LogP) is 0.233. The van der Waals surface area contributed by atoms with E-state index in [1.165, 1.54) is 17.1 Å². The first-order valence-corrected chi connectivity index (χ1v) is 9.15. The van der Waals surface area contributed by atoms with Crippen molar-refractivity contribution in [3.63, 3.8) is 0 Å². The second-order valence-corrected chi connectivity index (χ2v) is 7.48. The van der Waals surface area contributed by atoms with Crippen LogP contribution in [0.5, 0.6) is 0 Å². The Morgan fingerprint density at radius 2 is 2.12 bits per heavy atom. The average Bonchev–Trinajstić information content (AvgIpc) is 3.02. The first-order chi connectivity index (χ1) is 11.8. The first kappa shape index (κ1) is 19.1. The van der Waals surface area contributed by atoms with E-state index in [-0.39, 0.29) is 25.6 Å². The molecule has 0 bridgehead atoms. The number of carbonyl (C=O) groups excluding carboxylic acids is 1. The summed E-state index contributed by atoms with van der Waals surface area (Å²) in [5.74, 6) is -1.55. The maximum absolute atomic E-state index is 12.6. The first-order valence-electron chi connectivity index (χ1n) is 7.11. The van der Waals surface area contributed by atoms with Crippen LogP contribution in [-0.2, 0) is 16.1 Å². The van der Waals surface area contributed by atoms with Crippen LogP contribution in [0.1, 0.15) is 13.8 Å². The van der Waals surface area contributed by atoms with E-state index in [0.717, 1.165) is 27.7 Å². The van der Waals surface area contributed by atoms with Gasteiger partial charge in [0.25, 0.3) is 11.5 Å². The molecule has 1 aromatic rings. The summed E-state index contributed by atoms with van der Waals surface area (Å²) in [5, 5.41) is 18.1. The summed E-state index contributed by atoms with van der Waals surface area (Å²) in [6.45, 7) is 3.24. The number of carboxylic acid groups (broad SMARTS) is 1. The maximum Gasteiger partial charge on any atom is 0.323 e. The number of allylic oxidation sites excluding steroid dienone is 2. The predicted molar refractivity (Wildman–Crippen MR) is 100 cm³/mol. The van der Waals surface area contributed by atoms with Crippen LogP contribution < -0.4 is 14.8 Å². The number of aliphatic carboxylic acids is 1. The molecule has 2 heterocycles. The van der Waals surface area contributed by atoms with Crippen molar-refractivity contribution in [3.8, 4) is 6.07 Å². The molecule has 0 atom stereocenters. The fourth-order valence-corrected chi connectivity index (χ4v) is 4.72. The lowest BCUT2D eigenvalue weighted by molar-refractivity contribution is -0.137. The lowest BCUT2D eigenvalue weighted by Gasteiger charge is -2.09. The number of thiazole rings is 1. The van der Waals surface area contributed by atoms with Crippen molar-refractivity contribution in [3.05, 3.63) is 31.2 Å². The highest BCUT2D eigenvalue weighted by Crippen LogP contribution is 2.30. The highest BCUT2D eigenvalue weighted by Gasteiger charge is 2.33. The Morgan fingerprint density at radius 3 is 2.60 bits per heavy atom. The molecule has 25 heavy (non-hydrogen) atoms. The summed E-state index contributed by atoms with van der Waals surface area (Å²) in [4.78, 5) is 37.8. The average molecular weight is 395 g/mol. The molecule has 1 aliphatic heterocycles. The van der Waals surface area contributed by atoms with E-state index in [1.54, 1.807) is 13.8 Å². The van der Waals surface area contributed by atoms with E-state index in [9.17, 15) is 14.4 Å². The highest BCUT2D eigenvalue weighted by molar-refractivity contribution is 8.30. The van der Waals surface area contributed by atoms with E-state index < -0.39 is 18.1 Å². The minimum absolute atomic E-state index is 0.188. The number of rotatable bonds is 4. The van der Waals surface area contributed by atoms with Gasteiger partial charge in [0.1, 0.15) is 20.4 Å². The van der Waals surface area contributed by atoms with Gasteiger partial charge < -0.3 is 5.11 Å². The lowest BCUT2D eigenvalue weighted by Crippen LogP contribution is -2.35. The molecule has 0 spiro atoms. The number of thiocarbonyl (C=S) groups is 1. The topological polar surface area (TPSA) is 103 Å². The second-order valence-electron chi connectivity index (χ2n) is 4.80. The van der Waals surface area contributed by atoms with Gasteiger partial charge in [0.05, 0.1) is 10.6 Å². The molecule has 1 fully saturated rings. The van der Waals surface area contributed by atoms with Gasteiger partial charge in [0.15, 0.2) is 0 Å². The molecular weight excluding hydrogens is 382 g/mol. The Balaban J connectivity index is 2.83. The van der Waals surface area contributed by atoms with Crippen molar-refractivity contribution in [2.45, 2.75) is 20.4 Å². The molecule has 0 saturated carbocycles. The van der Waals surface area contributed by atoms with Crippen LogP contribution >= 0.6 is 35.3 Å². The van der Waals surface area contributed by atoms with Crippen LogP contribution in [-0.4, -0.2) is 37.3 Å². The van der Waals surface area contributed by atoms with Crippen molar-refractivity contribution in [2.24, 2.45) is 0 Å². The molecule has 1 aromatic heterocycles. The fraction of sp³-hybridized carbons (Fsp3) is 0.267. The number of amides is 1. The van der Waals surface area contributed by atoms with Gasteiger partial charge in [-0.05, 0) is 19.9 Å². The van der Waals surface area contributed by atoms with Gasteiger partial charge in [-0.2, -0.15) is 5.26 Å². The van der Waals surface area contributed by atoms with Gasteiger partial charge >= 0.3 is 5.97 Å². The van der Waals surface area contributed by atoms with Gasteiger partial charge in [-0.25, -0.2) is 0 Å². The molecule has 1 saturated heterocycles.